The lowest BCUT2D eigenvalue weighted by atomic mass is 10.2. The van der Waals surface area contributed by atoms with Crippen molar-refractivity contribution < 1.29 is 17.6 Å². The first-order valence-corrected chi connectivity index (χ1v) is 12.1. The number of aromatic nitrogens is 2. The van der Waals surface area contributed by atoms with Gasteiger partial charge in [-0.05, 0) is 39.3 Å². The summed E-state index contributed by atoms with van der Waals surface area (Å²) < 4.78 is 33.2. The van der Waals surface area contributed by atoms with Crippen molar-refractivity contribution in [1.29, 1.82) is 0 Å². The lowest BCUT2D eigenvalue weighted by Gasteiger charge is -2.33. The molecule has 10 nitrogen and oxygen atoms in total. The molecule has 11 heteroatoms. The highest BCUT2D eigenvalue weighted by Crippen LogP contribution is 2.28. The van der Waals surface area contributed by atoms with Crippen LogP contribution >= 0.6 is 0 Å². The van der Waals surface area contributed by atoms with Gasteiger partial charge in [-0.3, -0.25) is 19.8 Å². The van der Waals surface area contributed by atoms with Crippen molar-refractivity contribution in [3.05, 3.63) is 51.1 Å². The molecule has 1 amide bonds. The minimum absolute atomic E-state index is 0.0562. The van der Waals surface area contributed by atoms with Gasteiger partial charge in [-0.1, -0.05) is 17.7 Å². The third-order valence-electron chi connectivity index (χ3n) is 5.90. The molecule has 0 saturated carbocycles. The molecule has 2 aromatic heterocycles. The molecule has 0 radical (unpaired) electrons. The minimum Gasteiger partial charge on any atom is -0.444 e. The molecular weight excluding hydrogens is 446 g/mol. The fourth-order valence-corrected chi connectivity index (χ4v) is 5.88. The Balaban J connectivity index is 1.41. The number of carbonyl (C=O) groups is 1. The second-order valence-electron chi connectivity index (χ2n) is 8.37. The van der Waals surface area contributed by atoms with Crippen LogP contribution in [0.1, 0.15) is 22.6 Å². The van der Waals surface area contributed by atoms with Crippen molar-refractivity contribution in [2.45, 2.75) is 32.6 Å². The van der Waals surface area contributed by atoms with Crippen LogP contribution in [0, 0.1) is 27.7 Å². The van der Waals surface area contributed by atoms with Crippen molar-refractivity contribution in [2.24, 2.45) is 0 Å². The Morgan fingerprint density at radius 3 is 2.48 bits per heavy atom. The van der Waals surface area contributed by atoms with Gasteiger partial charge in [0, 0.05) is 26.2 Å². The van der Waals surface area contributed by atoms with Crippen LogP contribution < -0.4 is 10.9 Å². The summed E-state index contributed by atoms with van der Waals surface area (Å²) in [4.78, 5) is 27.0. The Bertz CT molecular complexity index is 1380. The quantitative estimate of drug-likeness (QED) is 0.577. The van der Waals surface area contributed by atoms with E-state index in [0.717, 1.165) is 11.1 Å². The number of nitrogens with one attached hydrogen (secondary N) is 2. The van der Waals surface area contributed by atoms with Crippen molar-refractivity contribution in [3.63, 3.8) is 0 Å². The molecule has 1 aliphatic heterocycles. The predicted molar refractivity (Wildman–Crippen MR) is 124 cm³/mol. The summed E-state index contributed by atoms with van der Waals surface area (Å²) >= 11 is 0. The lowest BCUT2D eigenvalue weighted by molar-refractivity contribution is -0.117. The van der Waals surface area contributed by atoms with Gasteiger partial charge in [0.2, 0.25) is 21.8 Å². The van der Waals surface area contributed by atoms with E-state index in [2.05, 4.69) is 15.5 Å². The van der Waals surface area contributed by atoms with E-state index in [-0.39, 0.29) is 36.8 Å². The number of anilines is 1. The first kappa shape index (κ1) is 23.1. The molecule has 176 valence electrons. The smallest absolute Gasteiger partial charge is 0.277 e. The van der Waals surface area contributed by atoms with Crippen LogP contribution in [0.3, 0.4) is 0 Å². The molecule has 2 N–H and O–H groups in total. The van der Waals surface area contributed by atoms with E-state index in [1.807, 2.05) is 17.9 Å². The van der Waals surface area contributed by atoms with Gasteiger partial charge in [-0.15, -0.1) is 0 Å². The average molecular weight is 474 g/mol. The van der Waals surface area contributed by atoms with Crippen LogP contribution in [0.2, 0.25) is 0 Å². The number of H-pyrrole nitrogens is 1. The molecule has 4 rings (SSSR count). The number of rotatable bonds is 5. The third kappa shape index (κ3) is 4.43. The Morgan fingerprint density at radius 1 is 1.12 bits per heavy atom. The highest BCUT2D eigenvalue weighted by molar-refractivity contribution is 7.89. The molecule has 1 aromatic carbocycles. The Kier molecular flexibility index (Phi) is 6.12. The lowest BCUT2D eigenvalue weighted by Crippen LogP contribution is -2.50. The molecule has 1 aliphatic rings. The third-order valence-corrected chi connectivity index (χ3v) is 7.96. The SMILES string of the molecule is Cc1ccc(S(=O)(=O)N2CCN(CC(=O)Nc3oc(C)c4c(C)n[nH]c(=O)c34)CC2)c(C)c1. The van der Waals surface area contributed by atoms with Crippen molar-refractivity contribution in [1.82, 2.24) is 19.4 Å². The molecule has 0 unspecified atom stereocenters. The van der Waals surface area contributed by atoms with Gasteiger partial charge < -0.3 is 4.42 Å². The molecule has 0 spiro atoms. The average Bonchev–Trinajstić information content (AvgIpc) is 3.07. The Labute approximate surface area is 191 Å². The second-order valence-corrected chi connectivity index (χ2v) is 10.3. The van der Waals surface area contributed by atoms with E-state index < -0.39 is 15.6 Å². The van der Waals surface area contributed by atoms with Gasteiger partial charge >= 0.3 is 0 Å². The topological polar surface area (TPSA) is 129 Å². The number of amides is 1. The van der Waals surface area contributed by atoms with E-state index in [1.165, 1.54) is 4.31 Å². The summed E-state index contributed by atoms with van der Waals surface area (Å²) in [5.74, 6) is 0.252. The van der Waals surface area contributed by atoms with E-state index in [9.17, 15) is 18.0 Å². The zero-order valence-electron chi connectivity index (χ0n) is 19.1. The van der Waals surface area contributed by atoms with Crippen molar-refractivity contribution >= 4 is 32.6 Å². The second kappa shape index (κ2) is 8.73. The normalized spacial score (nSPS) is 15.8. The van der Waals surface area contributed by atoms with Crippen molar-refractivity contribution in [2.75, 3.05) is 38.0 Å². The molecule has 1 saturated heterocycles. The number of benzene rings is 1. The molecule has 0 bridgehead atoms. The van der Waals surface area contributed by atoms with Crippen LogP contribution in [-0.4, -0.2) is 66.5 Å². The van der Waals surface area contributed by atoms with Crippen LogP contribution in [0.4, 0.5) is 5.88 Å². The zero-order chi connectivity index (χ0) is 23.9. The summed E-state index contributed by atoms with van der Waals surface area (Å²) in [6, 6.07) is 5.30. The van der Waals surface area contributed by atoms with E-state index in [1.54, 1.807) is 32.9 Å². The number of aromatic amines is 1. The molecule has 0 aliphatic carbocycles. The van der Waals surface area contributed by atoms with Gasteiger partial charge in [0.1, 0.15) is 11.1 Å². The number of aryl methyl sites for hydroxylation is 4. The number of piperazine rings is 1. The molecular formula is C22H27N5O5S. The number of hydrogen-bond acceptors (Lipinski definition) is 7. The van der Waals surface area contributed by atoms with Gasteiger partial charge in [0.15, 0.2) is 0 Å². The first-order chi connectivity index (χ1) is 15.6. The summed E-state index contributed by atoms with van der Waals surface area (Å²) in [7, 11) is -3.59. The summed E-state index contributed by atoms with van der Waals surface area (Å²) in [5, 5.41) is 9.86. The molecule has 3 heterocycles. The van der Waals surface area contributed by atoms with Crippen molar-refractivity contribution in [3.8, 4) is 0 Å². The van der Waals surface area contributed by atoms with Gasteiger partial charge in [-0.2, -0.15) is 9.40 Å². The maximum atomic E-state index is 13.1. The maximum absolute atomic E-state index is 13.1. The van der Waals surface area contributed by atoms with Gasteiger partial charge in [0.05, 0.1) is 22.5 Å². The predicted octanol–water partition coefficient (Wildman–Crippen LogP) is 1.69. The number of carbonyl (C=O) groups excluding carboxylic acids is 1. The molecule has 3 aromatic rings. The van der Waals surface area contributed by atoms with E-state index in [0.29, 0.717) is 34.8 Å². The fourth-order valence-electron chi connectivity index (χ4n) is 4.26. The molecule has 0 atom stereocenters. The monoisotopic (exact) mass is 473 g/mol. The molecule has 1 fully saturated rings. The molecule has 33 heavy (non-hydrogen) atoms. The standard InChI is InChI=1S/C22H27N5O5S/c1-13-5-6-17(14(2)11-13)33(30,31)27-9-7-26(8-10-27)12-18(28)23-22-20-19(16(4)32-22)15(3)24-25-21(20)29/h5-6,11H,7-10,12H2,1-4H3,(H,23,28)(H,25,29). The number of furan rings is 1. The van der Waals surface area contributed by atoms with Gasteiger partial charge in [0.25, 0.3) is 5.56 Å². The summed E-state index contributed by atoms with van der Waals surface area (Å²) in [5.41, 5.74) is 1.90. The number of fused-ring (bicyclic) bond motifs is 1. The highest BCUT2D eigenvalue weighted by atomic mass is 32.2. The number of nitrogens with zero attached hydrogens (tertiary/aromatic N) is 3. The number of sulfonamides is 1. The summed E-state index contributed by atoms with van der Waals surface area (Å²) in [6.45, 7) is 8.64. The zero-order valence-corrected chi connectivity index (χ0v) is 19.9. The van der Waals surface area contributed by atoms with E-state index >= 15 is 0 Å². The maximum Gasteiger partial charge on any atom is 0.277 e. The Morgan fingerprint density at radius 2 is 1.82 bits per heavy atom. The first-order valence-electron chi connectivity index (χ1n) is 10.7. The summed E-state index contributed by atoms with van der Waals surface area (Å²) in [6.07, 6.45) is 0. The highest BCUT2D eigenvalue weighted by Gasteiger charge is 2.30. The van der Waals surface area contributed by atoms with Gasteiger partial charge in [-0.25, -0.2) is 13.5 Å². The van der Waals surface area contributed by atoms with Crippen LogP contribution in [0.5, 0.6) is 0 Å². The van der Waals surface area contributed by atoms with E-state index in [4.69, 9.17) is 4.42 Å². The Hall–Kier alpha value is -3.02. The largest absolute Gasteiger partial charge is 0.444 e. The van der Waals surface area contributed by atoms with Crippen LogP contribution in [0.25, 0.3) is 10.8 Å². The van der Waals surface area contributed by atoms with Crippen LogP contribution in [0.15, 0.2) is 32.3 Å². The minimum atomic E-state index is -3.59. The van der Waals surface area contributed by atoms with Crippen LogP contribution in [-0.2, 0) is 14.8 Å². The fraction of sp³-hybridized carbons (Fsp3) is 0.409. The number of hydrogen-bond donors (Lipinski definition) is 2.